The Morgan fingerprint density at radius 3 is 3.18 bits per heavy atom. The lowest BCUT2D eigenvalue weighted by atomic mass is 9.95. The molecule has 0 saturated carbocycles. The Morgan fingerprint density at radius 1 is 1.53 bits per heavy atom. The normalized spacial score (nSPS) is 21.4. The van der Waals surface area contributed by atoms with Crippen LogP contribution in [0.25, 0.3) is 0 Å². The Kier molecular flexibility index (Phi) is 4.37. The van der Waals surface area contributed by atoms with Crippen molar-refractivity contribution in [1.82, 2.24) is 9.88 Å². The molecule has 17 heavy (non-hydrogen) atoms. The Morgan fingerprint density at radius 2 is 2.41 bits per heavy atom. The maximum atomic E-state index is 4.25. The first-order valence-electron chi connectivity index (χ1n) is 6.67. The van der Waals surface area contributed by atoms with Crippen LogP contribution in [0.5, 0.6) is 0 Å². The molecule has 1 fully saturated rings. The number of anilines is 1. The summed E-state index contributed by atoms with van der Waals surface area (Å²) in [4.78, 5) is 6.83. The average molecular weight is 233 g/mol. The molecular formula is C14H23N3. The third kappa shape index (κ3) is 3.43. The maximum Gasteiger partial charge on any atom is 0.125 e. The van der Waals surface area contributed by atoms with E-state index < -0.39 is 0 Å². The summed E-state index contributed by atoms with van der Waals surface area (Å²) in [5.41, 5.74) is 1.36. The van der Waals surface area contributed by atoms with Crippen LogP contribution in [0, 0.1) is 5.92 Å². The minimum Gasteiger partial charge on any atom is -0.373 e. The van der Waals surface area contributed by atoms with Gasteiger partial charge in [0.1, 0.15) is 5.82 Å². The van der Waals surface area contributed by atoms with Crippen LogP contribution in [0.4, 0.5) is 5.82 Å². The summed E-state index contributed by atoms with van der Waals surface area (Å²) in [7, 11) is 1.92. The number of pyridine rings is 1. The number of nitrogens with zero attached hydrogens (tertiary/aromatic N) is 2. The number of rotatable bonds is 4. The van der Waals surface area contributed by atoms with Gasteiger partial charge in [0.05, 0.1) is 0 Å². The lowest BCUT2D eigenvalue weighted by molar-refractivity contribution is 0.165. The lowest BCUT2D eigenvalue weighted by Crippen LogP contribution is -2.34. The molecule has 1 aromatic rings. The summed E-state index contributed by atoms with van der Waals surface area (Å²) < 4.78 is 0. The van der Waals surface area contributed by atoms with Gasteiger partial charge in [-0.05, 0) is 43.0 Å². The molecule has 3 heteroatoms. The average Bonchev–Trinajstić information content (AvgIpc) is 2.39. The third-order valence-corrected chi connectivity index (χ3v) is 3.67. The third-order valence-electron chi connectivity index (χ3n) is 3.67. The molecule has 1 unspecified atom stereocenters. The van der Waals surface area contributed by atoms with Crippen LogP contribution in [-0.2, 0) is 6.54 Å². The van der Waals surface area contributed by atoms with Crippen LogP contribution in [0.2, 0.25) is 0 Å². The topological polar surface area (TPSA) is 28.2 Å². The van der Waals surface area contributed by atoms with E-state index in [9.17, 15) is 0 Å². The number of aromatic nitrogens is 1. The lowest BCUT2D eigenvalue weighted by Gasteiger charge is -2.32. The second-order valence-corrected chi connectivity index (χ2v) is 4.95. The second-order valence-electron chi connectivity index (χ2n) is 4.95. The minimum absolute atomic E-state index is 0.898. The van der Waals surface area contributed by atoms with Crippen LogP contribution >= 0.6 is 0 Å². The SMILES string of the molecule is CCC1CCCN(Cc2ccnc(NC)c2)C1. The molecule has 1 N–H and O–H groups in total. The predicted molar refractivity (Wildman–Crippen MR) is 72.1 cm³/mol. The standard InChI is InChI=1S/C14H23N3/c1-3-12-5-4-8-17(10-12)11-13-6-7-16-14(9-13)15-2/h6-7,9,12H,3-5,8,10-11H2,1-2H3,(H,15,16). The monoisotopic (exact) mass is 233 g/mol. The molecule has 0 radical (unpaired) electrons. The van der Waals surface area contributed by atoms with Gasteiger partial charge in [-0.2, -0.15) is 0 Å². The molecule has 1 aliphatic rings. The summed E-state index contributed by atoms with van der Waals surface area (Å²) in [6.07, 6.45) is 5.96. The molecule has 0 amide bonds. The van der Waals surface area contributed by atoms with Crippen molar-refractivity contribution in [1.29, 1.82) is 0 Å². The van der Waals surface area contributed by atoms with Gasteiger partial charge in [0.25, 0.3) is 0 Å². The summed E-state index contributed by atoms with van der Waals surface area (Å²) >= 11 is 0. The summed E-state index contributed by atoms with van der Waals surface area (Å²) in [5, 5.41) is 3.09. The molecule has 1 aromatic heterocycles. The fourth-order valence-corrected chi connectivity index (χ4v) is 2.60. The Bertz CT molecular complexity index is 351. The van der Waals surface area contributed by atoms with Crippen molar-refractivity contribution in [2.75, 3.05) is 25.5 Å². The van der Waals surface area contributed by atoms with Gasteiger partial charge < -0.3 is 5.32 Å². The Labute approximate surface area is 104 Å². The van der Waals surface area contributed by atoms with Gasteiger partial charge in [-0.1, -0.05) is 13.3 Å². The van der Waals surface area contributed by atoms with Crippen molar-refractivity contribution >= 4 is 5.82 Å². The van der Waals surface area contributed by atoms with Gasteiger partial charge in [0.2, 0.25) is 0 Å². The number of likely N-dealkylation sites (tertiary alicyclic amines) is 1. The molecule has 0 spiro atoms. The van der Waals surface area contributed by atoms with Crippen LogP contribution < -0.4 is 5.32 Å². The van der Waals surface area contributed by atoms with Crippen molar-refractivity contribution in [2.24, 2.45) is 5.92 Å². The molecule has 1 saturated heterocycles. The molecule has 0 bridgehead atoms. The fourth-order valence-electron chi connectivity index (χ4n) is 2.60. The minimum atomic E-state index is 0.898. The van der Waals surface area contributed by atoms with Gasteiger partial charge in [0.15, 0.2) is 0 Å². The first kappa shape index (κ1) is 12.4. The maximum absolute atomic E-state index is 4.25. The molecule has 2 rings (SSSR count). The summed E-state index contributed by atoms with van der Waals surface area (Å²) in [5.74, 6) is 1.86. The van der Waals surface area contributed by atoms with Gasteiger partial charge >= 0.3 is 0 Å². The van der Waals surface area contributed by atoms with Crippen molar-refractivity contribution in [3.05, 3.63) is 23.9 Å². The molecule has 3 nitrogen and oxygen atoms in total. The molecule has 94 valence electrons. The molecule has 1 atom stereocenters. The van der Waals surface area contributed by atoms with Crippen molar-refractivity contribution in [3.8, 4) is 0 Å². The van der Waals surface area contributed by atoms with Gasteiger partial charge in [-0.3, -0.25) is 4.90 Å². The quantitative estimate of drug-likeness (QED) is 0.866. The van der Waals surface area contributed by atoms with Gasteiger partial charge in [-0.15, -0.1) is 0 Å². The van der Waals surface area contributed by atoms with Gasteiger partial charge in [-0.25, -0.2) is 4.98 Å². The molecule has 0 aliphatic carbocycles. The fraction of sp³-hybridized carbons (Fsp3) is 0.643. The highest BCUT2D eigenvalue weighted by Crippen LogP contribution is 2.21. The Hall–Kier alpha value is -1.09. The molecule has 2 heterocycles. The number of piperidine rings is 1. The Balaban J connectivity index is 1.95. The zero-order chi connectivity index (χ0) is 12.1. The van der Waals surface area contributed by atoms with Crippen LogP contribution in [0.3, 0.4) is 0 Å². The van der Waals surface area contributed by atoms with Crippen molar-refractivity contribution in [3.63, 3.8) is 0 Å². The predicted octanol–water partition coefficient (Wildman–Crippen LogP) is 2.75. The number of hydrogen-bond acceptors (Lipinski definition) is 3. The largest absolute Gasteiger partial charge is 0.373 e. The number of nitrogens with one attached hydrogen (secondary N) is 1. The van der Waals surface area contributed by atoms with E-state index in [0.29, 0.717) is 0 Å². The van der Waals surface area contributed by atoms with Crippen molar-refractivity contribution < 1.29 is 0 Å². The van der Waals surface area contributed by atoms with E-state index in [1.54, 1.807) is 0 Å². The van der Waals surface area contributed by atoms with Crippen LogP contribution in [0.15, 0.2) is 18.3 Å². The van der Waals surface area contributed by atoms with Gasteiger partial charge in [0, 0.05) is 26.3 Å². The van der Waals surface area contributed by atoms with E-state index in [1.165, 1.54) is 37.9 Å². The van der Waals surface area contributed by atoms with E-state index in [-0.39, 0.29) is 0 Å². The van der Waals surface area contributed by atoms with E-state index in [4.69, 9.17) is 0 Å². The molecule has 0 aromatic carbocycles. The highest BCUT2D eigenvalue weighted by molar-refractivity contribution is 5.36. The van der Waals surface area contributed by atoms with Crippen LogP contribution in [0.1, 0.15) is 31.7 Å². The first-order chi connectivity index (χ1) is 8.31. The zero-order valence-corrected chi connectivity index (χ0v) is 10.9. The smallest absolute Gasteiger partial charge is 0.125 e. The van der Waals surface area contributed by atoms with E-state index in [1.807, 2.05) is 13.2 Å². The highest BCUT2D eigenvalue weighted by Gasteiger charge is 2.18. The highest BCUT2D eigenvalue weighted by atomic mass is 15.1. The van der Waals surface area contributed by atoms with Crippen LogP contribution in [-0.4, -0.2) is 30.0 Å². The molecular weight excluding hydrogens is 210 g/mol. The van der Waals surface area contributed by atoms with Crippen molar-refractivity contribution in [2.45, 2.75) is 32.7 Å². The first-order valence-corrected chi connectivity index (χ1v) is 6.67. The van der Waals surface area contributed by atoms with E-state index in [0.717, 1.165) is 18.3 Å². The zero-order valence-electron chi connectivity index (χ0n) is 10.9. The summed E-state index contributed by atoms with van der Waals surface area (Å²) in [6.45, 7) is 5.87. The molecule has 1 aliphatic heterocycles. The second kappa shape index (κ2) is 6.01. The number of hydrogen-bond donors (Lipinski definition) is 1. The van der Waals surface area contributed by atoms with E-state index >= 15 is 0 Å². The summed E-state index contributed by atoms with van der Waals surface area (Å²) in [6, 6.07) is 4.27. The van der Waals surface area contributed by atoms with E-state index in [2.05, 4.69) is 34.3 Å².